The van der Waals surface area contributed by atoms with Crippen molar-refractivity contribution < 1.29 is 9.50 Å². The van der Waals surface area contributed by atoms with Crippen molar-refractivity contribution in [2.75, 3.05) is 0 Å². The summed E-state index contributed by atoms with van der Waals surface area (Å²) in [5.74, 6) is -0.275. The lowest BCUT2D eigenvalue weighted by Crippen LogP contribution is -1.99. The van der Waals surface area contributed by atoms with Crippen LogP contribution in [0.1, 0.15) is 11.3 Å². The number of halogens is 1. The first-order chi connectivity index (χ1) is 10.7. The molecule has 0 spiro atoms. The van der Waals surface area contributed by atoms with Crippen LogP contribution in [-0.2, 0) is 6.61 Å². The Morgan fingerprint density at radius 3 is 2.27 bits per heavy atom. The zero-order valence-electron chi connectivity index (χ0n) is 12.3. The van der Waals surface area contributed by atoms with Gasteiger partial charge in [0.2, 0.25) is 0 Å². The maximum Gasteiger partial charge on any atom is 0.123 e. The smallest absolute Gasteiger partial charge is 0.123 e. The number of aliphatic hydroxyl groups excluding tert-OH is 1. The normalized spacial score (nSPS) is 10.7. The Morgan fingerprint density at radius 1 is 0.955 bits per heavy atom. The number of hydrogen-bond donors (Lipinski definition) is 1. The van der Waals surface area contributed by atoms with Gasteiger partial charge in [0, 0.05) is 16.8 Å². The Morgan fingerprint density at radius 2 is 1.64 bits per heavy atom. The molecular weight excluding hydrogens is 277 g/mol. The van der Waals surface area contributed by atoms with Crippen LogP contribution in [0.25, 0.3) is 22.4 Å². The number of pyridine rings is 1. The average molecular weight is 293 g/mol. The highest BCUT2D eigenvalue weighted by molar-refractivity contribution is 5.74. The second-order valence-electron chi connectivity index (χ2n) is 5.15. The van der Waals surface area contributed by atoms with Crippen molar-refractivity contribution in [3.8, 4) is 22.4 Å². The summed E-state index contributed by atoms with van der Waals surface area (Å²) in [5.41, 5.74) is 5.16. The first-order valence-electron chi connectivity index (χ1n) is 7.12. The van der Waals surface area contributed by atoms with Crippen molar-refractivity contribution in [2.45, 2.75) is 13.5 Å². The summed E-state index contributed by atoms with van der Waals surface area (Å²) in [6.45, 7) is 1.78. The Hall–Kier alpha value is -2.52. The van der Waals surface area contributed by atoms with Crippen molar-refractivity contribution in [2.24, 2.45) is 0 Å². The molecule has 1 heterocycles. The molecule has 1 N–H and O–H groups in total. The number of hydrogen-bond acceptors (Lipinski definition) is 2. The van der Waals surface area contributed by atoms with Crippen molar-refractivity contribution in [1.29, 1.82) is 0 Å². The molecule has 0 atom stereocenters. The summed E-state index contributed by atoms with van der Waals surface area (Å²) in [6, 6.07) is 18.1. The molecule has 3 heteroatoms. The number of benzene rings is 2. The third-order valence-electron chi connectivity index (χ3n) is 3.71. The van der Waals surface area contributed by atoms with Crippen molar-refractivity contribution in [3.05, 3.63) is 77.7 Å². The second kappa shape index (κ2) is 6.08. The SMILES string of the molecule is Cc1nc(-c2ccccc2)cc(-c2ccc(F)cc2)c1CO. The van der Waals surface area contributed by atoms with Gasteiger partial charge < -0.3 is 5.11 Å². The van der Waals surface area contributed by atoms with Crippen LogP contribution in [0.2, 0.25) is 0 Å². The van der Waals surface area contributed by atoms with E-state index < -0.39 is 0 Å². The number of aryl methyl sites for hydroxylation is 1. The molecule has 1 aromatic heterocycles. The van der Waals surface area contributed by atoms with Crippen LogP contribution < -0.4 is 0 Å². The first kappa shape index (κ1) is 14.4. The molecule has 0 aliphatic carbocycles. The van der Waals surface area contributed by atoms with Gasteiger partial charge in [-0.15, -0.1) is 0 Å². The molecule has 0 amide bonds. The van der Waals surface area contributed by atoms with E-state index in [0.29, 0.717) is 0 Å². The van der Waals surface area contributed by atoms with Gasteiger partial charge in [-0.25, -0.2) is 4.39 Å². The van der Waals surface area contributed by atoms with E-state index in [1.165, 1.54) is 12.1 Å². The lowest BCUT2D eigenvalue weighted by atomic mass is 9.97. The molecular formula is C19H16FNO. The molecule has 2 nitrogen and oxygen atoms in total. The maximum atomic E-state index is 13.1. The lowest BCUT2D eigenvalue weighted by molar-refractivity contribution is 0.281. The minimum atomic E-state index is -0.275. The highest BCUT2D eigenvalue weighted by atomic mass is 19.1. The van der Waals surface area contributed by atoms with Crippen molar-refractivity contribution in [1.82, 2.24) is 4.98 Å². The number of nitrogens with zero attached hydrogens (tertiary/aromatic N) is 1. The van der Waals surface area contributed by atoms with E-state index in [2.05, 4.69) is 4.98 Å². The van der Waals surface area contributed by atoms with Gasteiger partial charge in [0.1, 0.15) is 5.82 Å². The summed E-state index contributed by atoms with van der Waals surface area (Å²) in [4.78, 5) is 4.58. The zero-order chi connectivity index (χ0) is 15.5. The third-order valence-corrected chi connectivity index (χ3v) is 3.71. The van der Waals surface area contributed by atoms with Gasteiger partial charge in [-0.2, -0.15) is 0 Å². The number of aliphatic hydroxyl groups is 1. The average Bonchev–Trinajstić information content (AvgIpc) is 2.55. The van der Waals surface area contributed by atoms with Gasteiger partial charge in [-0.05, 0) is 36.2 Å². The van der Waals surface area contributed by atoms with Crippen molar-refractivity contribution >= 4 is 0 Å². The summed E-state index contributed by atoms with van der Waals surface area (Å²) >= 11 is 0. The van der Waals surface area contributed by atoms with Crippen LogP contribution in [0.5, 0.6) is 0 Å². The highest BCUT2D eigenvalue weighted by Gasteiger charge is 2.12. The maximum absolute atomic E-state index is 13.1. The van der Waals surface area contributed by atoms with Gasteiger partial charge in [0.15, 0.2) is 0 Å². The van der Waals surface area contributed by atoms with E-state index in [4.69, 9.17) is 0 Å². The van der Waals surface area contributed by atoms with Gasteiger partial charge in [-0.3, -0.25) is 4.98 Å². The van der Waals surface area contributed by atoms with Crippen LogP contribution in [0.4, 0.5) is 4.39 Å². The van der Waals surface area contributed by atoms with Crippen molar-refractivity contribution in [3.63, 3.8) is 0 Å². The monoisotopic (exact) mass is 293 g/mol. The van der Waals surface area contributed by atoms with E-state index in [1.807, 2.05) is 43.3 Å². The lowest BCUT2D eigenvalue weighted by Gasteiger charge is -2.13. The molecule has 0 radical (unpaired) electrons. The summed E-state index contributed by atoms with van der Waals surface area (Å²) in [7, 11) is 0. The first-order valence-corrected chi connectivity index (χ1v) is 7.12. The molecule has 0 fully saturated rings. The van der Waals surface area contributed by atoms with E-state index in [-0.39, 0.29) is 12.4 Å². The van der Waals surface area contributed by atoms with E-state index in [1.54, 1.807) is 12.1 Å². The summed E-state index contributed by atoms with van der Waals surface area (Å²) in [6.07, 6.45) is 0. The fourth-order valence-corrected chi connectivity index (χ4v) is 2.54. The Labute approximate surface area is 128 Å². The molecule has 0 saturated heterocycles. The number of aromatic nitrogens is 1. The molecule has 110 valence electrons. The molecule has 0 aliphatic rings. The predicted octanol–water partition coefficient (Wildman–Crippen LogP) is 4.36. The van der Waals surface area contributed by atoms with Crippen LogP contribution >= 0.6 is 0 Å². The van der Waals surface area contributed by atoms with E-state index in [9.17, 15) is 9.50 Å². The Balaban J connectivity index is 2.19. The van der Waals surface area contributed by atoms with Crippen LogP contribution in [0.3, 0.4) is 0 Å². The quantitative estimate of drug-likeness (QED) is 0.778. The van der Waals surface area contributed by atoms with Crippen LogP contribution in [0, 0.1) is 12.7 Å². The molecule has 2 aromatic carbocycles. The molecule has 0 saturated carbocycles. The molecule has 22 heavy (non-hydrogen) atoms. The molecule has 0 unspecified atom stereocenters. The second-order valence-corrected chi connectivity index (χ2v) is 5.15. The zero-order valence-corrected chi connectivity index (χ0v) is 12.3. The van der Waals surface area contributed by atoms with Gasteiger partial charge in [0.25, 0.3) is 0 Å². The fourth-order valence-electron chi connectivity index (χ4n) is 2.54. The molecule has 0 bridgehead atoms. The largest absolute Gasteiger partial charge is 0.392 e. The molecule has 0 aliphatic heterocycles. The standard InChI is InChI=1S/C19H16FNO/c1-13-18(12-22)17(14-7-9-16(20)10-8-14)11-19(21-13)15-5-3-2-4-6-15/h2-11,22H,12H2,1H3. The topological polar surface area (TPSA) is 33.1 Å². The number of rotatable bonds is 3. The molecule has 3 rings (SSSR count). The Bertz CT molecular complexity index is 783. The minimum absolute atomic E-state index is 0.0966. The van der Waals surface area contributed by atoms with Gasteiger partial charge >= 0.3 is 0 Å². The van der Waals surface area contributed by atoms with E-state index in [0.717, 1.165) is 33.6 Å². The third kappa shape index (κ3) is 2.76. The van der Waals surface area contributed by atoms with Crippen LogP contribution in [-0.4, -0.2) is 10.1 Å². The summed E-state index contributed by atoms with van der Waals surface area (Å²) in [5, 5.41) is 9.66. The predicted molar refractivity (Wildman–Crippen MR) is 85.7 cm³/mol. The van der Waals surface area contributed by atoms with Crippen LogP contribution in [0.15, 0.2) is 60.7 Å². The Kier molecular flexibility index (Phi) is 3.98. The molecule has 3 aromatic rings. The summed E-state index contributed by atoms with van der Waals surface area (Å²) < 4.78 is 13.1. The van der Waals surface area contributed by atoms with E-state index >= 15 is 0 Å². The minimum Gasteiger partial charge on any atom is -0.392 e. The van der Waals surface area contributed by atoms with Gasteiger partial charge in [-0.1, -0.05) is 42.5 Å². The highest BCUT2D eigenvalue weighted by Crippen LogP contribution is 2.30. The van der Waals surface area contributed by atoms with Gasteiger partial charge in [0.05, 0.1) is 12.3 Å². The fraction of sp³-hybridized carbons (Fsp3) is 0.105.